The Morgan fingerprint density at radius 1 is 1.28 bits per heavy atom. The van der Waals surface area contributed by atoms with E-state index in [4.69, 9.17) is 4.74 Å². The molecule has 0 amide bonds. The highest BCUT2D eigenvalue weighted by molar-refractivity contribution is 9.10. The first kappa shape index (κ1) is 15.5. The van der Waals surface area contributed by atoms with Crippen LogP contribution in [0.3, 0.4) is 0 Å². The lowest BCUT2D eigenvalue weighted by Gasteiger charge is -2.18. The second-order valence-electron chi connectivity index (χ2n) is 5.80. The van der Waals surface area contributed by atoms with Gasteiger partial charge < -0.3 is 10.1 Å². The molecule has 2 nitrogen and oxygen atoms in total. The zero-order valence-electron chi connectivity index (χ0n) is 11.8. The molecule has 0 aliphatic carbocycles. The zero-order chi connectivity index (χ0) is 13.6. The van der Waals surface area contributed by atoms with Crippen LogP contribution in [0.4, 0.5) is 0 Å². The second kappa shape index (κ2) is 7.15. The highest BCUT2D eigenvalue weighted by Gasteiger charge is 2.10. The fraction of sp³-hybridized carbons (Fsp3) is 0.600. The SMILES string of the molecule is CNCc1cc(Br)ccc1OCCCC(C)(C)C. The summed E-state index contributed by atoms with van der Waals surface area (Å²) in [5, 5.41) is 3.17. The predicted molar refractivity (Wildman–Crippen MR) is 81.1 cm³/mol. The molecular formula is C15H24BrNO. The van der Waals surface area contributed by atoms with Gasteiger partial charge in [-0.2, -0.15) is 0 Å². The van der Waals surface area contributed by atoms with Crippen LogP contribution in [0, 0.1) is 5.41 Å². The maximum Gasteiger partial charge on any atom is 0.123 e. The molecule has 102 valence electrons. The van der Waals surface area contributed by atoms with Crippen LogP contribution in [0.5, 0.6) is 5.75 Å². The van der Waals surface area contributed by atoms with Gasteiger partial charge in [0.15, 0.2) is 0 Å². The van der Waals surface area contributed by atoms with Crippen molar-refractivity contribution < 1.29 is 4.74 Å². The third-order valence-corrected chi connectivity index (χ3v) is 3.21. The summed E-state index contributed by atoms with van der Waals surface area (Å²) in [6.45, 7) is 8.40. The topological polar surface area (TPSA) is 21.3 Å². The van der Waals surface area contributed by atoms with Gasteiger partial charge in [0.05, 0.1) is 6.61 Å². The molecule has 0 radical (unpaired) electrons. The molecule has 0 heterocycles. The molecule has 1 aromatic carbocycles. The summed E-state index contributed by atoms with van der Waals surface area (Å²) in [5.74, 6) is 0.987. The number of nitrogens with one attached hydrogen (secondary N) is 1. The van der Waals surface area contributed by atoms with Crippen molar-refractivity contribution >= 4 is 15.9 Å². The number of rotatable bonds is 6. The molecule has 0 unspecified atom stereocenters. The summed E-state index contributed by atoms with van der Waals surface area (Å²) in [6.07, 6.45) is 2.28. The van der Waals surface area contributed by atoms with E-state index in [1.165, 1.54) is 12.0 Å². The van der Waals surface area contributed by atoms with Gasteiger partial charge >= 0.3 is 0 Å². The fourth-order valence-corrected chi connectivity index (χ4v) is 2.21. The van der Waals surface area contributed by atoms with Crippen molar-refractivity contribution in [2.45, 2.75) is 40.2 Å². The first-order chi connectivity index (χ1) is 8.42. The van der Waals surface area contributed by atoms with E-state index in [2.05, 4.69) is 48.1 Å². The van der Waals surface area contributed by atoms with Crippen molar-refractivity contribution in [3.05, 3.63) is 28.2 Å². The molecule has 1 rings (SSSR count). The molecule has 3 heteroatoms. The van der Waals surface area contributed by atoms with Crippen molar-refractivity contribution in [3.8, 4) is 5.75 Å². The Kier molecular flexibility index (Phi) is 6.16. The number of benzene rings is 1. The van der Waals surface area contributed by atoms with Gasteiger partial charge in [0.25, 0.3) is 0 Å². The Morgan fingerprint density at radius 2 is 2.00 bits per heavy atom. The van der Waals surface area contributed by atoms with Crippen LogP contribution >= 0.6 is 15.9 Å². The molecule has 0 saturated heterocycles. The highest BCUT2D eigenvalue weighted by atomic mass is 79.9. The Balaban J connectivity index is 2.51. The van der Waals surface area contributed by atoms with E-state index in [0.29, 0.717) is 5.41 Å². The van der Waals surface area contributed by atoms with Gasteiger partial charge in [0, 0.05) is 16.6 Å². The summed E-state index contributed by atoms with van der Waals surface area (Å²) in [6, 6.07) is 6.17. The quantitative estimate of drug-likeness (QED) is 0.787. The molecule has 1 aromatic rings. The van der Waals surface area contributed by atoms with Gasteiger partial charge in [-0.05, 0) is 43.5 Å². The number of hydrogen-bond acceptors (Lipinski definition) is 2. The summed E-state index contributed by atoms with van der Waals surface area (Å²) in [4.78, 5) is 0. The van der Waals surface area contributed by atoms with Gasteiger partial charge in [-0.15, -0.1) is 0 Å². The average Bonchev–Trinajstić information content (AvgIpc) is 2.26. The van der Waals surface area contributed by atoms with Crippen LogP contribution in [0.15, 0.2) is 22.7 Å². The van der Waals surface area contributed by atoms with Gasteiger partial charge in [0.2, 0.25) is 0 Å². The van der Waals surface area contributed by atoms with Crippen molar-refractivity contribution in [2.24, 2.45) is 5.41 Å². The van der Waals surface area contributed by atoms with E-state index in [0.717, 1.165) is 29.8 Å². The molecule has 0 aromatic heterocycles. The maximum atomic E-state index is 5.88. The van der Waals surface area contributed by atoms with E-state index in [1.807, 2.05) is 19.2 Å². The van der Waals surface area contributed by atoms with E-state index < -0.39 is 0 Å². The predicted octanol–water partition coefficient (Wildman–Crippen LogP) is 4.37. The minimum atomic E-state index is 0.386. The molecule has 1 N–H and O–H groups in total. The monoisotopic (exact) mass is 313 g/mol. The Morgan fingerprint density at radius 3 is 2.61 bits per heavy atom. The van der Waals surface area contributed by atoms with Crippen molar-refractivity contribution in [1.82, 2.24) is 5.32 Å². The van der Waals surface area contributed by atoms with Crippen LogP contribution < -0.4 is 10.1 Å². The Labute approximate surface area is 119 Å². The van der Waals surface area contributed by atoms with Crippen LogP contribution in [0.25, 0.3) is 0 Å². The smallest absolute Gasteiger partial charge is 0.123 e. The molecular weight excluding hydrogens is 290 g/mol. The zero-order valence-corrected chi connectivity index (χ0v) is 13.4. The number of halogens is 1. The minimum Gasteiger partial charge on any atom is -0.493 e. The van der Waals surface area contributed by atoms with Crippen LogP contribution in [-0.4, -0.2) is 13.7 Å². The first-order valence-corrected chi connectivity index (χ1v) is 7.27. The van der Waals surface area contributed by atoms with E-state index in [1.54, 1.807) is 0 Å². The Hall–Kier alpha value is -0.540. The van der Waals surface area contributed by atoms with Crippen molar-refractivity contribution in [3.63, 3.8) is 0 Å². The van der Waals surface area contributed by atoms with Gasteiger partial charge in [-0.25, -0.2) is 0 Å². The lowest BCUT2D eigenvalue weighted by Crippen LogP contribution is -2.10. The van der Waals surface area contributed by atoms with Crippen molar-refractivity contribution in [1.29, 1.82) is 0 Å². The fourth-order valence-electron chi connectivity index (χ4n) is 1.80. The van der Waals surface area contributed by atoms with Gasteiger partial charge in [-0.1, -0.05) is 36.7 Å². The molecule has 18 heavy (non-hydrogen) atoms. The third-order valence-electron chi connectivity index (χ3n) is 2.72. The third kappa shape index (κ3) is 5.87. The van der Waals surface area contributed by atoms with Crippen LogP contribution in [-0.2, 0) is 6.54 Å². The Bertz CT molecular complexity index is 371. The average molecular weight is 314 g/mol. The number of hydrogen-bond donors (Lipinski definition) is 1. The largest absolute Gasteiger partial charge is 0.493 e. The molecule has 0 aliphatic heterocycles. The maximum absolute atomic E-state index is 5.88. The van der Waals surface area contributed by atoms with Gasteiger partial charge in [-0.3, -0.25) is 0 Å². The molecule has 0 fully saturated rings. The van der Waals surface area contributed by atoms with Gasteiger partial charge in [0.1, 0.15) is 5.75 Å². The molecule has 0 bridgehead atoms. The lowest BCUT2D eigenvalue weighted by atomic mass is 9.91. The minimum absolute atomic E-state index is 0.386. The summed E-state index contributed by atoms with van der Waals surface area (Å²) >= 11 is 3.49. The summed E-state index contributed by atoms with van der Waals surface area (Å²) in [5.41, 5.74) is 1.58. The van der Waals surface area contributed by atoms with Crippen molar-refractivity contribution in [2.75, 3.05) is 13.7 Å². The van der Waals surface area contributed by atoms with E-state index in [-0.39, 0.29) is 0 Å². The molecule has 0 aliphatic rings. The normalized spacial score (nSPS) is 11.6. The second-order valence-corrected chi connectivity index (χ2v) is 6.71. The molecule has 0 saturated carbocycles. The van der Waals surface area contributed by atoms with E-state index >= 15 is 0 Å². The summed E-state index contributed by atoms with van der Waals surface area (Å²) < 4.78 is 6.97. The molecule has 0 spiro atoms. The summed E-state index contributed by atoms with van der Waals surface area (Å²) in [7, 11) is 1.95. The highest BCUT2D eigenvalue weighted by Crippen LogP contribution is 2.24. The molecule has 0 atom stereocenters. The lowest BCUT2D eigenvalue weighted by molar-refractivity contribution is 0.267. The standard InChI is InChI=1S/C15H24BrNO/c1-15(2,3)8-5-9-18-14-7-6-13(16)10-12(14)11-17-4/h6-7,10,17H,5,8-9,11H2,1-4H3. The van der Waals surface area contributed by atoms with Crippen LogP contribution in [0.1, 0.15) is 39.2 Å². The number of ether oxygens (including phenoxy) is 1. The van der Waals surface area contributed by atoms with E-state index in [9.17, 15) is 0 Å². The first-order valence-electron chi connectivity index (χ1n) is 6.48. The van der Waals surface area contributed by atoms with Crippen LogP contribution in [0.2, 0.25) is 0 Å².